The highest BCUT2D eigenvalue weighted by Crippen LogP contribution is 2.24. The molecule has 0 N–H and O–H groups in total. The van der Waals surface area contributed by atoms with Crippen LogP contribution in [0.2, 0.25) is 5.02 Å². The van der Waals surface area contributed by atoms with Crippen LogP contribution in [0.4, 0.5) is 0 Å². The Morgan fingerprint density at radius 1 is 1.11 bits per heavy atom. The van der Waals surface area contributed by atoms with Crippen molar-refractivity contribution in [2.24, 2.45) is 0 Å². The number of nitrogens with zero attached hydrogens (tertiary/aromatic N) is 3. The molecular weight excluding hydrogens is 506 g/mol. The lowest BCUT2D eigenvalue weighted by Crippen LogP contribution is -2.50. The maximum Gasteiger partial charge on any atom is 0.289 e. The van der Waals surface area contributed by atoms with E-state index in [9.17, 15) is 14.4 Å². The molecule has 0 saturated heterocycles. The Hall–Kier alpha value is -3.52. The van der Waals surface area contributed by atoms with Gasteiger partial charge in [0.15, 0.2) is 12.4 Å². The summed E-state index contributed by atoms with van der Waals surface area (Å²) in [5.41, 5.74) is 1.65. The molecule has 202 valence electrons. The maximum absolute atomic E-state index is 13.4. The molecule has 38 heavy (non-hydrogen) atoms. The number of carbonyl (C=O) groups excluding carboxylic acids is 3. The lowest BCUT2D eigenvalue weighted by Gasteiger charge is -2.31. The van der Waals surface area contributed by atoms with Crippen molar-refractivity contribution in [1.82, 2.24) is 14.7 Å². The third-order valence-electron chi connectivity index (χ3n) is 7.04. The van der Waals surface area contributed by atoms with Gasteiger partial charge < -0.3 is 23.9 Å². The fraction of sp³-hybridized carbons (Fsp3) is 0.414. The molecule has 0 unspecified atom stereocenters. The Morgan fingerprint density at radius 2 is 1.89 bits per heavy atom. The van der Waals surface area contributed by atoms with E-state index in [1.54, 1.807) is 55.2 Å². The fourth-order valence-electron chi connectivity index (χ4n) is 4.71. The molecule has 0 saturated carbocycles. The summed E-state index contributed by atoms with van der Waals surface area (Å²) < 4.78 is 11.6. The second-order valence-corrected chi connectivity index (χ2v) is 10.2. The van der Waals surface area contributed by atoms with Crippen molar-refractivity contribution in [3.8, 4) is 5.75 Å². The number of hydrogen-bond donors (Lipinski definition) is 0. The third-order valence-corrected chi connectivity index (χ3v) is 7.28. The number of benzene rings is 2. The molecule has 1 atom stereocenters. The molecule has 3 aromatic rings. The first-order valence-corrected chi connectivity index (χ1v) is 13.3. The van der Waals surface area contributed by atoms with Gasteiger partial charge in [0.25, 0.3) is 11.8 Å². The number of likely N-dealkylation sites (N-methyl/N-ethyl adjacent to an activating group) is 2. The molecule has 0 aliphatic carbocycles. The van der Waals surface area contributed by atoms with Crippen LogP contribution in [-0.4, -0.2) is 79.3 Å². The predicted molar refractivity (Wildman–Crippen MR) is 146 cm³/mol. The average Bonchev–Trinajstić information content (AvgIpc) is 3.34. The molecule has 1 aromatic heterocycles. The molecule has 1 aliphatic rings. The second kappa shape index (κ2) is 12.3. The van der Waals surface area contributed by atoms with E-state index in [0.29, 0.717) is 42.3 Å². The van der Waals surface area contributed by atoms with Gasteiger partial charge in [-0.05, 0) is 68.0 Å². The number of aryl methyl sites for hydroxylation is 1. The van der Waals surface area contributed by atoms with Gasteiger partial charge in [0, 0.05) is 44.6 Å². The highest BCUT2D eigenvalue weighted by atomic mass is 35.5. The van der Waals surface area contributed by atoms with Crippen molar-refractivity contribution < 1.29 is 23.5 Å². The van der Waals surface area contributed by atoms with Crippen LogP contribution in [0.15, 0.2) is 52.9 Å². The lowest BCUT2D eigenvalue weighted by molar-refractivity contribution is -0.145. The van der Waals surface area contributed by atoms with Crippen molar-refractivity contribution >= 4 is 40.3 Å². The van der Waals surface area contributed by atoms with Crippen LogP contribution >= 0.6 is 11.6 Å². The average molecular weight is 540 g/mol. The first kappa shape index (κ1) is 27.5. The monoisotopic (exact) mass is 539 g/mol. The molecule has 0 radical (unpaired) electrons. The minimum atomic E-state index is -0.649. The van der Waals surface area contributed by atoms with E-state index in [1.165, 1.54) is 4.90 Å². The Kier molecular flexibility index (Phi) is 8.94. The zero-order valence-corrected chi connectivity index (χ0v) is 22.9. The van der Waals surface area contributed by atoms with E-state index >= 15 is 0 Å². The van der Waals surface area contributed by atoms with Gasteiger partial charge in [0.1, 0.15) is 17.4 Å². The standard InChI is InChI=1S/C29H34ClN3O5/c1-31-15-7-6-10-20-9-4-5-12-24(20)37-19-27(34)33(3)23(28(31)35)11-8-16-32(2)29(36)26-18-21-17-22(30)13-14-25(21)38-26/h4-5,9,12-14,17-18,23H,6-8,10-11,15-16,19H2,1-3H3/t23-/m0/s1. The van der Waals surface area contributed by atoms with Gasteiger partial charge in [-0.1, -0.05) is 29.8 Å². The van der Waals surface area contributed by atoms with Crippen LogP contribution in [0.5, 0.6) is 5.75 Å². The molecular formula is C29H34ClN3O5. The van der Waals surface area contributed by atoms with E-state index in [1.807, 2.05) is 24.3 Å². The molecule has 1 aliphatic heterocycles. The molecule has 9 heteroatoms. The summed E-state index contributed by atoms with van der Waals surface area (Å²) in [5, 5.41) is 1.33. The quantitative estimate of drug-likeness (QED) is 0.472. The minimum Gasteiger partial charge on any atom is -0.483 e. The van der Waals surface area contributed by atoms with Gasteiger partial charge in [-0.3, -0.25) is 14.4 Å². The highest BCUT2D eigenvalue weighted by Gasteiger charge is 2.30. The van der Waals surface area contributed by atoms with Crippen molar-refractivity contribution in [2.45, 2.75) is 38.1 Å². The number of hydrogen-bond acceptors (Lipinski definition) is 5. The van der Waals surface area contributed by atoms with Gasteiger partial charge in [-0.2, -0.15) is 0 Å². The summed E-state index contributed by atoms with van der Waals surface area (Å²) in [4.78, 5) is 44.1. The maximum atomic E-state index is 13.4. The van der Waals surface area contributed by atoms with Crippen LogP contribution in [-0.2, 0) is 16.0 Å². The fourth-order valence-corrected chi connectivity index (χ4v) is 4.89. The van der Waals surface area contributed by atoms with E-state index in [0.717, 1.165) is 30.2 Å². The summed E-state index contributed by atoms with van der Waals surface area (Å²) >= 11 is 6.04. The smallest absolute Gasteiger partial charge is 0.289 e. The number of ether oxygens (including phenoxy) is 1. The number of carbonyl (C=O) groups is 3. The lowest BCUT2D eigenvalue weighted by atomic mass is 10.1. The Morgan fingerprint density at radius 3 is 2.71 bits per heavy atom. The van der Waals surface area contributed by atoms with Crippen molar-refractivity contribution in [2.75, 3.05) is 40.8 Å². The summed E-state index contributed by atoms with van der Waals surface area (Å²) in [6.07, 6.45) is 3.52. The first-order chi connectivity index (χ1) is 18.2. The van der Waals surface area contributed by atoms with Crippen molar-refractivity contribution in [3.63, 3.8) is 0 Å². The second-order valence-electron chi connectivity index (χ2n) is 9.80. The molecule has 2 heterocycles. The van der Waals surface area contributed by atoms with Crippen molar-refractivity contribution in [1.29, 1.82) is 0 Å². The van der Waals surface area contributed by atoms with E-state index in [-0.39, 0.29) is 30.1 Å². The van der Waals surface area contributed by atoms with Crippen LogP contribution < -0.4 is 4.74 Å². The topological polar surface area (TPSA) is 83.3 Å². The zero-order chi connectivity index (χ0) is 27.2. The molecule has 0 bridgehead atoms. The summed E-state index contributed by atoms with van der Waals surface area (Å²) in [5.74, 6) is 0.300. The number of para-hydroxylation sites is 1. The predicted octanol–water partition coefficient (Wildman–Crippen LogP) is 4.64. The van der Waals surface area contributed by atoms with E-state index in [2.05, 4.69) is 0 Å². The van der Waals surface area contributed by atoms with Crippen LogP contribution in [0.3, 0.4) is 0 Å². The Labute approximate surface area is 228 Å². The number of furan rings is 1. The van der Waals surface area contributed by atoms with Gasteiger partial charge >= 0.3 is 0 Å². The Bertz CT molecular complexity index is 1310. The molecule has 0 spiro atoms. The number of amides is 3. The summed E-state index contributed by atoms with van der Waals surface area (Å²) in [7, 11) is 5.12. The number of fused-ring (bicyclic) bond motifs is 2. The molecule has 4 rings (SSSR count). The molecule has 2 aromatic carbocycles. The SMILES string of the molecule is CN(CCC[C@H]1C(=O)N(C)CCCCc2ccccc2OCC(=O)N1C)C(=O)c1cc2cc(Cl)ccc2o1. The van der Waals surface area contributed by atoms with Gasteiger partial charge in [0.2, 0.25) is 5.91 Å². The van der Waals surface area contributed by atoms with Crippen LogP contribution in [0, 0.1) is 0 Å². The Balaban J connectivity index is 1.41. The van der Waals surface area contributed by atoms with Crippen LogP contribution in [0.1, 0.15) is 41.8 Å². The summed E-state index contributed by atoms with van der Waals surface area (Å²) in [6.45, 7) is 0.861. The zero-order valence-electron chi connectivity index (χ0n) is 22.1. The van der Waals surface area contributed by atoms with Crippen molar-refractivity contribution in [3.05, 3.63) is 64.9 Å². The molecule has 0 fully saturated rings. The first-order valence-electron chi connectivity index (χ1n) is 12.9. The van der Waals surface area contributed by atoms with Gasteiger partial charge in [0.05, 0.1) is 0 Å². The normalized spacial score (nSPS) is 17.3. The number of rotatable bonds is 5. The molecule has 8 nitrogen and oxygen atoms in total. The molecule has 3 amide bonds. The van der Waals surface area contributed by atoms with Gasteiger partial charge in [-0.25, -0.2) is 0 Å². The summed E-state index contributed by atoms with van der Waals surface area (Å²) in [6, 6.07) is 14.0. The largest absolute Gasteiger partial charge is 0.483 e. The van der Waals surface area contributed by atoms with Gasteiger partial charge in [-0.15, -0.1) is 0 Å². The highest BCUT2D eigenvalue weighted by molar-refractivity contribution is 6.31. The van der Waals surface area contributed by atoms with E-state index < -0.39 is 6.04 Å². The van der Waals surface area contributed by atoms with E-state index in [4.69, 9.17) is 20.8 Å². The third kappa shape index (κ3) is 6.48. The van der Waals surface area contributed by atoms with Crippen LogP contribution in [0.25, 0.3) is 11.0 Å². The number of halogens is 1. The minimum absolute atomic E-state index is 0.110.